The summed E-state index contributed by atoms with van der Waals surface area (Å²) in [5.74, 6) is 2.88. The van der Waals surface area contributed by atoms with Crippen molar-refractivity contribution in [1.82, 2.24) is 15.0 Å². The maximum absolute atomic E-state index is 5.55. The Hall–Kier alpha value is -2.84. The van der Waals surface area contributed by atoms with Gasteiger partial charge in [-0.3, -0.25) is 0 Å². The van der Waals surface area contributed by atoms with Crippen molar-refractivity contribution >= 4 is 29.3 Å². The molecule has 5 rings (SSSR count). The van der Waals surface area contributed by atoms with Gasteiger partial charge in [-0.15, -0.1) is 11.8 Å². The van der Waals surface area contributed by atoms with Crippen molar-refractivity contribution in [1.29, 1.82) is 0 Å². The van der Waals surface area contributed by atoms with Crippen LogP contribution in [0.15, 0.2) is 53.6 Å². The second-order valence-corrected chi connectivity index (χ2v) is 9.24. The topological polar surface area (TPSA) is 57.6 Å². The third kappa shape index (κ3) is 6.05. The number of nitrogens with zero attached hydrogens (tertiary/aromatic N) is 6. The van der Waals surface area contributed by atoms with E-state index in [1.807, 2.05) is 26.1 Å². The van der Waals surface area contributed by atoms with E-state index < -0.39 is 0 Å². The van der Waals surface area contributed by atoms with Crippen LogP contribution < -0.4 is 14.7 Å². The predicted octanol–water partition coefficient (Wildman–Crippen LogP) is 4.76. The van der Waals surface area contributed by atoms with Crippen molar-refractivity contribution in [2.45, 2.75) is 25.7 Å². The van der Waals surface area contributed by atoms with Crippen LogP contribution in [0.5, 0.6) is 0 Å². The van der Waals surface area contributed by atoms with Crippen molar-refractivity contribution in [3.63, 3.8) is 0 Å². The Balaban J connectivity index is 0.00000141. The summed E-state index contributed by atoms with van der Waals surface area (Å²) in [5.41, 5.74) is 3.32. The number of piperazine rings is 1. The predicted molar refractivity (Wildman–Crippen MR) is 147 cm³/mol. The fourth-order valence-electron chi connectivity index (χ4n) is 4.37. The van der Waals surface area contributed by atoms with Crippen LogP contribution in [0.3, 0.4) is 0 Å². The largest absolute Gasteiger partial charge is 0.378 e. The van der Waals surface area contributed by atoms with Gasteiger partial charge in [-0.25, -0.2) is 9.97 Å². The summed E-state index contributed by atoms with van der Waals surface area (Å²) in [7, 11) is 0. The number of anilines is 3. The molecule has 2 fully saturated rings. The Kier molecular flexibility index (Phi) is 8.82. The monoisotopic (exact) mass is 492 g/mol. The molecular weight excluding hydrogens is 456 g/mol. The molecule has 1 aromatic carbocycles. The lowest BCUT2D eigenvalue weighted by Gasteiger charge is -2.37. The lowest BCUT2D eigenvalue weighted by molar-refractivity contribution is 0.122. The Morgan fingerprint density at radius 2 is 1.57 bits per heavy atom. The molecule has 3 aromatic rings. The first kappa shape index (κ1) is 25.3. The van der Waals surface area contributed by atoms with Crippen LogP contribution in [0.4, 0.5) is 17.6 Å². The molecule has 0 aliphatic carbocycles. The van der Waals surface area contributed by atoms with Crippen LogP contribution in [-0.2, 0) is 4.74 Å². The highest BCUT2D eigenvalue weighted by Crippen LogP contribution is 2.29. The molecule has 0 unspecified atom stereocenters. The van der Waals surface area contributed by atoms with Gasteiger partial charge in [-0.05, 0) is 36.9 Å². The lowest BCUT2D eigenvalue weighted by Crippen LogP contribution is -2.47. The number of rotatable bonds is 5. The highest BCUT2D eigenvalue weighted by Gasteiger charge is 2.23. The highest BCUT2D eigenvalue weighted by molar-refractivity contribution is 7.98. The van der Waals surface area contributed by atoms with E-state index in [-0.39, 0.29) is 0 Å². The molecule has 0 bridgehead atoms. The van der Waals surface area contributed by atoms with E-state index >= 15 is 0 Å². The van der Waals surface area contributed by atoms with Crippen LogP contribution in [-0.4, -0.2) is 73.7 Å². The van der Waals surface area contributed by atoms with Crippen molar-refractivity contribution < 1.29 is 4.74 Å². The van der Waals surface area contributed by atoms with Crippen LogP contribution in [0.25, 0.3) is 11.3 Å². The number of thioether (sulfide) groups is 1. The molecule has 0 saturated carbocycles. The van der Waals surface area contributed by atoms with Crippen molar-refractivity contribution in [2.24, 2.45) is 0 Å². The third-order valence-electron chi connectivity index (χ3n) is 6.25. The number of hydrogen-bond acceptors (Lipinski definition) is 8. The standard InChI is InChI=1S/C25H30N6OS.C2H6/c1-19-5-4-8-26-24(19)30-11-9-29(10-12-30)23-18-22(20-6-3-7-21(17-20)33-2)27-25(28-23)31-13-15-32-16-14-31;1-2/h3-8,17-18H,9-16H2,1-2H3;1-2H3. The molecule has 2 saturated heterocycles. The Bertz CT molecular complexity index is 1100. The molecule has 4 heterocycles. The first-order valence-corrected chi connectivity index (χ1v) is 13.7. The summed E-state index contributed by atoms with van der Waals surface area (Å²) in [5, 5.41) is 0. The van der Waals surface area contributed by atoms with E-state index in [0.717, 1.165) is 68.1 Å². The molecule has 7 nitrogen and oxygen atoms in total. The van der Waals surface area contributed by atoms with Gasteiger partial charge in [0, 0.05) is 62.0 Å². The average Bonchev–Trinajstić information content (AvgIpc) is 2.95. The van der Waals surface area contributed by atoms with Gasteiger partial charge in [0.2, 0.25) is 5.95 Å². The van der Waals surface area contributed by atoms with E-state index in [1.165, 1.54) is 10.5 Å². The molecule has 0 atom stereocenters. The van der Waals surface area contributed by atoms with Gasteiger partial charge in [-0.2, -0.15) is 4.98 Å². The zero-order chi connectivity index (χ0) is 24.6. The fraction of sp³-hybridized carbons (Fsp3) is 0.444. The normalized spacial score (nSPS) is 16.1. The van der Waals surface area contributed by atoms with Gasteiger partial charge in [0.25, 0.3) is 0 Å². The quantitative estimate of drug-likeness (QED) is 0.473. The minimum absolute atomic E-state index is 0.715. The Morgan fingerprint density at radius 1 is 0.829 bits per heavy atom. The van der Waals surface area contributed by atoms with E-state index in [4.69, 9.17) is 14.7 Å². The molecule has 35 heavy (non-hydrogen) atoms. The van der Waals surface area contributed by atoms with Crippen molar-refractivity contribution in [3.05, 3.63) is 54.2 Å². The van der Waals surface area contributed by atoms with E-state index in [2.05, 4.69) is 69.3 Å². The van der Waals surface area contributed by atoms with Crippen LogP contribution in [0, 0.1) is 6.92 Å². The lowest BCUT2D eigenvalue weighted by atomic mass is 10.1. The van der Waals surface area contributed by atoms with Gasteiger partial charge in [-0.1, -0.05) is 32.0 Å². The molecular formula is C27H36N6OS. The third-order valence-corrected chi connectivity index (χ3v) is 6.97. The molecule has 2 aromatic heterocycles. The summed E-state index contributed by atoms with van der Waals surface area (Å²) in [4.78, 5) is 22.8. The first-order chi connectivity index (χ1) is 17.2. The summed E-state index contributed by atoms with van der Waals surface area (Å²) in [6.07, 6.45) is 3.98. The zero-order valence-corrected chi connectivity index (χ0v) is 22.1. The molecule has 8 heteroatoms. The maximum atomic E-state index is 5.55. The van der Waals surface area contributed by atoms with Gasteiger partial charge < -0.3 is 19.4 Å². The minimum atomic E-state index is 0.715. The number of hydrogen-bond donors (Lipinski definition) is 0. The summed E-state index contributed by atoms with van der Waals surface area (Å²) >= 11 is 1.75. The number of benzene rings is 1. The van der Waals surface area contributed by atoms with Crippen LogP contribution in [0.2, 0.25) is 0 Å². The first-order valence-electron chi connectivity index (χ1n) is 12.5. The van der Waals surface area contributed by atoms with Gasteiger partial charge in [0.15, 0.2) is 0 Å². The number of pyridine rings is 1. The second-order valence-electron chi connectivity index (χ2n) is 8.36. The van der Waals surface area contributed by atoms with Crippen molar-refractivity contribution in [2.75, 3.05) is 73.4 Å². The molecule has 186 valence electrons. The molecule has 0 spiro atoms. The van der Waals surface area contributed by atoms with Gasteiger partial charge in [0.05, 0.1) is 18.9 Å². The molecule has 0 radical (unpaired) electrons. The number of aryl methyl sites for hydroxylation is 1. The van der Waals surface area contributed by atoms with Crippen LogP contribution in [0.1, 0.15) is 19.4 Å². The number of aromatic nitrogens is 3. The Labute approximate surface area is 213 Å². The smallest absolute Gasteiger partial charge is 0.228 e. The summed E-state index contributed by atoms with van der Waals surface area (Å²) in [6, 6.07) is 14.9. The number of ether oxygens (including phenoxy) is 1. The van der Waals surface area contributed by atoms with Crippen molar-refractivity contribution in [3.8, 4) is 11.3 Å². The van der Waals surface area contributed by atoms with Crippen LogP contribution >= 0.6 is 11.8 Å². The van der Waals surface area contributed by atoms with E-state index in [1.54, 1.807) is 11.8 Å². The highest BCUT2D eigenvalue weighted by atomic mass is 32.2. The fourth-order valence-corrected chi connectivity index (χ4v) is 4.83. The zero-order valence-electron chi connectivity index (χ0n) is 21.3. The molecule has 2 aliphatic heterocycles. The second kappa shape index (κ2) is 12.2. The summed E-state index contributed by atoms with van der Waals surface area (Å²) < 4.78 is 5.55. The summed E-state index contributed by atoms with van der Waals surface area (Å²) in [6.45, 7) is 12.8. The van der Waals surface area contributed by atoms with E-state index in [9.17, 15) is 0 Å². The van der Waals surface area contributed by atoms with Gasteiger partial charge >= 0.3 is 0 Å². The molecule has 0 amide bonds. The molecule has 0 N–H and O–H groups in total. The minimum Gasteiger partial charge on any atom is -0.378 e. The SMILES string of the molecule is CC.CSc1cccc(-c2cc(N3CCN(c4ncccc4C)CC3)nc(N3CCOCC3)n2)c1. The Morgan fingerprint density at radius 3 is 2.29 bits per heavy atom. The average molecular weight is 493 g/mol. The number of morpholine rings is 1. The van der Waals surface area contributed by atoms with Gasteiger partial charge in [0.1, 0.15) is 11.6 Å². The maximum Gasteiger partial charge on any atom is 0.228 e. The van der Waals surface area contributed by atoms with E-state index in [0.29, 0.717) is 13.2 Å². The molecule has 2 aliphatic rings.